The van der Waals surface area contributed by atoms with Crippen LogP contribution in [-0.2, 0) is 13.0 Å². The Morgan fingerprint density at radius 3 is 2.96 bits per heavy atom. The van der Waals surface area contributed by atoms with Crippen molar-refractivity contribution in [2.24, 2.45) is 5.92 Å². The zero-order valence-corrected chi connectivity index (χ0v) is 14.7. The minimum Gasteiger partial charge on any atom is -0.352 e. The molecule has 128 valence electrons. The molecule has 0 fully saturated rings. The summed E-state index contributed by atoms with van der Waals surface area (Å²) in [6.45, 7) is 5.28. The number of aromatic nitrogens is 2. The number of hydrogen-bond acceptors (Lipinski definition) is 4. The van der Waals surface area contributed by atoms with E-state index in [-0.39, 0.29) is 17.9 Å². The highest BCUT2D eigenvalue weighted by Crippen LogP contribution is 2.23. The van der Waals surface area contributed by atoms with Gasteiger partial charge in [-0.3, -0.25) is 14.3 Å². The van der Waals surface area contributed by atoms with Gasteiger partial charge in [-0.25, -0.2) is 0 Å². The van der Waals surface area contributed by atoms with Crippen molar-refractivity contribution in [3.8, 4) is 0 Å². The van der Waals surface area contributed by atoms with Gasteiger partial charge in [0, 0.05) is 30.1 Å². The molecule has 1 atom stereocenters. The number of fused-ring (bicyclic) bond motifs is 1. The van der Waals surface area contributed by atoms with E-state index >= 15 is 0 Å². The first-order valence-electron chi connectivity index (χ1n) is 8.20. The predicted octanol–water partition coefficient (Wildman–Crippen LogP) is 2.08. The fourth-order valence-electron chi connectivity index (χ4n) is 2.94. The van der Waals surface area contributed by atoms with Crippen LogP contribution in [0.4, 0.5) is 0 Å². The number of hydrogen-bond donors (Lipinski definition) is 2. The van der Waals surface area contributed by atoms with Crippen LogP contribution in [0.1, 0.15) is 46.7 Å². The zero-order chi connectivity index (χ0) is 17.1. The molecule has 7 heteroatoms. The summed E-state index contributed by atoms with van der Waals surface area (Å²) in [5.41, 5.74) is 2.32. The van der Waals surface area contributed by atoms with E-state index in [2.05, 4.69) is 15.7 Å². The molecule has 2 aromatic rings. The molecule has 1 unspecified atom stereocenters. The van der Waals surface area contributed by atoms with Crippen LogP contribution in [0.2, 0.25) is 0 Å². The van der Waals surface area contributed by atoms with Gasteiger partial charge in [-0.2, -0.15) is 16.4 Å². The van der Waals surface area contributed by atoms with Crippen LogP contribution >= 0.6 is 11.3 Å². The van der Waals surface area contributed by atoms with Crippen LogP contribution in [0.15, 0.2) is 23.0 Å². The van der Waals surface area contributed by atoms with Crippen LogP contribution in [0.25, 0.3) is 0 Å². The van der Waals surface area contributed by atoms with Crippen molar-refractivity contribution in [2.45, 2.75) is 39.3 Å². The van der Waals surface area contributed by atoms with Crippen molar-refractivity contribution in [1.29, 1.82) is 0 Å². The number of rotatable bonds is 5. The molecule has 2 aromatic heterocycles. The van der Waals surface area contributed by atoms with E-state index in [1.165, 1.54) is 11.3 Å². The normalized spacial score (nSPS) is 16.7. The monoisotopic (exact) mass is 346 g/mol. The van der Waals surface area contributed by atoms with E-state index in [1.54, 1.807) is 6.20 Å². The van der Waals surface area contributed by atoms with Gasteiger partial charge in [-0.15, -0.1) is 0 Å². The van der Waals surface area contributed by atoms with Crippen LogP contribution in [0, 0.1) is 5.92 Å². The maximum Gasteiger partial charge on any atom is 0.254 e. The van der Waals surface area contributed by atoms with E-state index in [4.69, 9.17) is 0 Å². The smallest absolute Gasteiger partial charge is 0.254 e. The van der Waals surface area contributed by atoms with E-state index in [9.17, 15) is 9.59 Å². The van der Waals surface area contributed by atoms with E-state index < -0.39 is 0 Å². The molecule has 0 saturated heterocycles. The molecular formula is C17H22N4O2S. The molecule has 24 heavy (non-hydrogen) atoms. The average molecular weight is 346 g/mol. The lowest BCUT2D eigenvalue weighted by Gasteiger charge is -2.24. The Balaban J connectivity index is 1.62. The molecule has 3 rings (SSSR count). The van der Waals surface area contributed by atoms with Gasteiger partial charge in [0.1, 0.15) is 0 Å². The Labute approximate surface area is 145 Å². The predicted molar refractivity (Wildman–Crippen MR) is 93.3 cm³/mol. The second-order valence-corrected chi connectivity index (χ2v) is 7.22. The Bertz CT molecular complexity index is 721. The van der Waals surface area contributed by atoms with Crippen molar-refractivity contribution >= 4 is 23.2 Å². The van der Waals surface area contributed by atoms with Gasteiger partial charge in [-0.05, 0) is 44.1 Å². The number of aryl methyl sites for hydroxylation is 1. The standard InChI is InChI=1S/C17H22N4O2S/c1-11(2)20-17(23)14-9-19-21-5-3-12(7-15(14)21)8-18-16(22)13-4-6-24-10-13/h4,6,9-12H,3,5,7-8H2,1-2H3,(H,18,22)(H,20,23). The summed E-state index contributed by atoms with van der Waals surface area (Å²) in [5.74, 6) is 0.213. The SMILES string of the molecule is CC(C)NC(=O)c1cnn2c1CC(CNC(=O)c1ccsc1)CC2. The highest BCUT2D eigenvalue weighted by Gasteiger charge is 2.25. The molecule has 0 aliphatic carbocycles. The summed E-state index contributed by atoms with van der Waals surface area (Å²) in [6.07, 6.45) is 3.36. The van der Waals surface area contributed by atoms with E-state index in [0.29, 0.717) is 23.6 Å². The summed E-state index contributed by atoms with van der Waals surface area (Å²) < 4.78 is 1.91. The first kappa shape index (κ1) is 16.7. The summed E-state index contributed by atoms with van der Waals surface area (Å²) in [7, 11) is 0. The molecule has 2 amide bonds. The topological polar surface area (TPSA) is 76.0 Å². The number of nitrogens with zero attached hydrogens (tertiary/aromatic N) is 2. The fraction of sp³-hybridized carbons (Fsp3) is 0.471. The van der Waals surface area contributed by atoms with Crippen molar-refractivity contribution in [2.75, 3.05) is 6.54 Å². The Hall–Kier alpha value is -2.15. The first-order chi connectivity index (χ1) is 11.5. The van der Waals surface area contributed by atoms with Crippen LogP contribution in [0.5, 0.6) is 0 Å². The number of amides is 2. The quantitative estimate of drug-likeness (QED) is 0.870. The number of nitrogens with one attached hydrogen (secondary N) is 2. The lowest BCUT2D eigenvalue weighted by molar-refractivity contribution is 0.0930. The molecule has 0 spiro atoms. The third kappa shape index (κ3) is 3.67. The maximum absolute atomic E-state index is 12.3. The van der Waals surface area contributed by atoms with E-state index in [0.717, 1.165) is 25.1 Å². The molecule has 0 bridgehead atoms. The minimum atomic E-state index is -0.0748. The molecule has 0 aromatic carbocycles. The van der Waals surface area contributed by atoms with Crippen molar-refractivity contribution in [1.82, 2.24) is 20.4 Å². The maximum atomic E-state index is 12.3. The van der Waals surface area contributed by atoms with Gasteiger partial charge in [0.05, 0.1) is 17.5 Å². The van der Waals surface area contributed by atoms with Gasteiger partial charge in [-0.1, -0.05) is 0 Å². The molecule has 2 N–H and O–H groups in total. The van der Waals surface area contributed by atoms with Crippen LogP contribution < -0.4 is 10.6 Å². The lowest BCUT2D eigenvalue weighted by atomic mass is 9.94. The average Bonchev–Trinajstić information content (AvgIpc) is 3.21. The third-order valence-corrected chi connectivity index (χ3v) is 4.86. The molecule has 6 nitrogen and oxygen atoms in total. The largest absolute Gasteiger partial charge is 0.352 e. The number of thiophene rings is 1. The minimum absolute atomic E-state index is 0.0342. The van der Waals surface area contributed by atoms with E-state index in [1.807, 2.05) is 35.4 Å². The van der Waals surface area contributed by atoms with Gasteiger partial charge in [0.2, 0.25) is 0 Å². The summed E-state index contributed by atoms with van der Waals surface area (Å²) in [6, 6.07) is 1.92. The molecule has 0 radical (unpaired) electrons. The van der Waals surface area contributed by atoms with Gasteiger partial charge in [0.25, 0.3) is 11.8 Å². The van der Waals surface area contributed by atoms with Crippen LogP contribution in [0.3, 0.4) is 0 Å². The first-order valence-corrected chi connectivity index (χ1v) is 9.15. The van der Waals surface area contributed by atoms with Crippen molar-refractivity contribution in [3.63, 3.8) is 0 Å². The Kier molecular flexibility index (Phi) is 4.99. The second-order valence-electron chi connectivity index (χ2n) is 6.44. The zero-order valence-electron chi connectivity index (χ0n) is 13.9. The lowest BCUT2D eigenvalue weighted by Crippen LogP contribution is -2.35. The summed E-state index contributed by atoms with van der Waals surface area (Å²) in [4.78, 5) is 24.3. The molecular weight excluding hydrogens is 324 g/mol. The van der Waals surface area contributed by atoms with Gasteiger partial charge >= 0.3 is 0 Å². The third-order valence-electron chi connectivity index (χ3n) is 4.18. The fourth-order valence-corrected chi connectivity index (χ4v) is 3.57. The Morgan fingerprint density at radius 2 is 2.25 bits per heavy atom. The Morgan fingerprint density at radius 1 is 1.42 bits per heavy atom. The molecule has 0 saturated carbocycles. The van der Waals surface area contributed by atoms with Crippen molar-refractivity contribution in [3.05, 3.63) is 39.8 Å². The highest BCUT2D eigenvalue weighted by molar-refractivity contribution is 7.08. The molecule has 1 aliphatic rings. The van der Waals surface area contributed by atoms with Crippen LogP contribution in [-0.4, -0.2) is 34.2 Å². The molecule has 3 heterocycles. The van der Waals surface area contributed by atoms with Gasteiger partial charge < -0.3 is 10.6 Å². The highest BCUT2D eigenvalue weighted by atomic mass is 32.1. The second kappa shape index (κ2) is 7.17. The van der Waals surface area contributed by atoms with Crippen molar-refractivity contribution < 1.29 is 9.59 Å². The summed E-state index contributed by atoms with van der Waals surface area (Å²) in [5, 5.41) is 14.0. The number of carbonyl (C=O) groups excluding carboxylic acids is 2. The number of carbonyl (C=O) groups is 2. The summed E-state index contributed by atoms with van der Waals surface area (Å²) >= 11 is 1.51. The van der Waals surface area contributed by atoms with Gasteiger partial charge in [0.15, 0.2) is 0 Å². The molecule has 1 aliphatic heterocycles.